The van der Waals surface area contributed by atoms with Crippen molar-refractivity contribution in [3.05, 3.63) is 12.2 Å². The Morgan fingerprint density at radius 1 is 1.54 bits per heavy atom. The minimum atomic E-state index is -4.70. The Labute approximate surface area is 77.4 Å². The van der Waals surface area contributed by atoms with Crippen molar-refractivity contribution in [1.29, 1.82) is 0 Å². The minimum Gasteiger partial charge on any atom is -0.321 e. The number of hydrogen-bond donors (Lipinski definition) is 1. The molecule has 0 aliphatic rings. The summed E-state index contributed by atoms with van der Waals surface area (Å²) in [6, 6.07) is 0. The van der Waals surface area contributed by atoms with Gasteiger partial charge in [0.15, 0.2) is 0 Å². The second kappa shape index (κ2) is 4.98. The molecule has 0 unspecified atom stereocenters. The van der Waals surface area contributed by atoms with Crippen LogP contribution in [0.4, 0.5) is 0 Å². The van der Waals surface area contributed by atoms with Gasteiger partial charge >= 0.3 is 16.4 Å². The van der Waals surface area contributed by atoms with Gasteiger partial charge < -0.3 is 4.18 Å². The van der Waals surface area contributed by atoms with Crippen LogP contribution in [0.25, 0.3) is 0 Å². The van der Waals surface area contributed by atoms with E-state index in [4.69, 9.17) is 4.55 Å². The Balaban J connectivity index is 4.06. The van der Waals surface area contributed by atoms with Gasteiger partial charge in [-0.3, -0.25) is 4.55 Å². The second-order valence-corrected chi connectivity index (χ2v) is 3.53. The summed E-state index contributed by atoms with van der Waals surface area (Å²) in [6.07, 6.45) is 1.95. The Hall–Kier alpha value is -0.880. The quantitative estimate of drug-likeness (QED) is 0.540. The number of rotatable bonds is 5. The molecule has 1 N–H and O–H groups in total. The Bertz CT molecular complexity index is 290. The predicted octanol–water partition coefficient (Wildman–Crippen LogP) is 1.08. The van der Waals surface area contributed by atoms with E-state index in [1.54, 1.807) is 0 Å². The van der Waals surface area contributed by atoms with Crippen molar-refractivity contribution in [1.82, 2.24) is 0 Å². The third kappa shape index (κ3) is 6.30. The fourth-order valence-electron chi connectivity index (χ4n) is 0.647. The number of unbranched alkanes of at least 4 members (excludes halogenated alkanes) is 1. The molecule has 6 heteroatoms. The normalized spacial score (nSPS) is 10.9. The van der Waals surface area contributed by atoms with E-state index >= 15 is 0 Å². The van der Waals surface area contributed by atoms with E-state index in [1.807, 2.05) is 6.92 Å². The number of carbonyl (C=O) groups excluding carboxylic acids is 1. The molecule has 0 aromatic heterocycles. The van der Waals surface area contributed by atoms with E-state index in [2.05, 4.69) is 10.8 Å². The molecule has 5 nitrogen and oxygen atoms in total. The summed E-state index contributed by atoms with van der Waals surface area (Å²) in [4.78, 5) is 10.8. The molecule has 0 aromatic carbocycles. The van der Waals surface area contributed by atoms with E-state index in [9.17, 15) is 13.2 Å². The van der Waals surface area contributed by atoms with Gasteiger partial charge in [-0.25, -0.2) is 4.79 Å². The fraction of sp³-hybridized carbons (Fsp3) is 0.571. The Morgan fingerprint density at radius 3 is 2.46 bits per heavy atom. The predicted molar refractivity (Wildman–Crippen MR) is 46.3 cm³/mol. The van der Waals surface area contributed by atoms with Crippen molar-refractivity contribution in [2.75, 3.05) is 0 Å². The fourth-order valence-corrected chi connectivity index (χ4v) is 0.956. The van der Waals surface area contributed by atoms with Gasteiger partial charge in [0.05, 0.1) is 0 Å². The van der Waals surface area contributed by atoms with Crippen molar-refractivity contribution in [2.45, 2.75) is 26.2 Å². The van der Waals surface area contributed by atoms with E-state index in [-0.39, 0.29) is 5.57 Å². The summed E-state index contributed by atoms with van der Waals surface area (Å²) < 4.78 is 32.0. The van der Waals surface area contributed by atoms with Gasteiger partial charge in [0.2, 0.25) is 0 Å². The highest BCUT2D eigenvalue weighted by atomic mass is 32.3. The zero-order valence-electron chi connectivity index (χ0n) is 7.32. The highest BCUT2D eigenvalue weighted by Crippen LogP contribution is 2.07. The summed E-state index contributed by atoms with van der Waals surface area (Å²) in [6.45, 7) is 5.24. The first-order valence-corrected chi connectivity index (χ1v) is 5.12. The highest BCUT2D eigenvalue weighted by molar-refractivity contribution is 7.81. The molecular weight excluding hydrogens is 196 g/mol. The maximum Gasteiger partial charge on any atom is 0.449 e. The molecule has 0 saturated heterocycles. The lowest BCUT2D eigenvalue weighted by Gasteiger charge is -2.01. The summed E-state index contributed by atoms with van der Waals surface area (Å²) >= 11 is 0. The molecular formula is C7H12O5S. The van der Waals surface area contributed by atoms with E-state index in [0.717, 1.165) is 12.8 Å². The third-order valence-electron chi connectivity index (χ3n) is 1.30. The topological polar surface area (TPSA) is 80.7 Å². The molecule has 0 spiro atoms. The van der Waals surface area contributed by atoms with Crippen LogP contribution in [0.1, 0.15) is 26.2 Å². The molecule has 0 saturated carbocycles. The first-order chi connectivity index (χ1) is 5.87. The maximum atomic E-state index is 10.8. The van der Waals surface area contributed by atoms with Crippen LogP contribution in [0, 0.1) is 0 Å². The summed E-state index contributed by atoms with van der Waals surface area (Å²) in [5, 5.41) is 0. The Kier molecular flexibility index (Phi) is 4.64. The summed E-state index contributed by atoms with van der Waals surface area (Å²) in [5.41, 5.74) is 0.0412. The van der Waals surface area contributed by atoms with Crippen molar-refractivity contribution in [2.24, 2.45) is 0 Å². The summed E-state index contributed by atoms with van der Waals surface area (Å²) in [7, 11) is -4.70. The minimum absolute atomic E-state index is 0.0412. The number of carbonyl (C=O) groups is 1. The molecule has 0 aromatic rings. The van der Waals surface area contributed by atoms with Crippen molar-refractivity contribution in [3.63, 3.8) is 0 Å². The van der Waals surface area contributed by atoms with Crippen LogP contribution >= 0.6 is 0 Å². The lowest BCUT2D eigenvalue weighted by atomic mass is 10.1. The van der Waals surface area contributed by atoms with Crippen molar-refractivity contribution < 1.29 is 21.9 Å². The van der Waals surface area contributed by atoms with Crippen LogP contribution in [-0.2, 0) is 19.4 Å². The average Bonchev–Trinajstić information content (AvgIpc) is 1.96. The first kappa shape index (κ1) is 12.1. The van der Waals surface area contributed by atoms with E-state index in [0.29, 0.717) is 6.42 Å². The third-order valence-corrected chi connectivity index (χ3v) is 1.66. The van der Waals surface area contributed by atoms with Crippen molar-refractivity contribution in [3.8, 4) is 0 Å². The molecule has 0 aliphatic carbocycles. The molecule has 13 heavy (non-hydrogen) atoms. The molecule has 0 radical (unpaired) electrons. The molecule has 0 fully saturated rings. The van der Waals surface area contributed by atoms with E-state index < -0.39 is 16.4 Å². The zero-order valence-corrected chi connectivity index (χ0v) is 8.13. The van der Waals surface area contributed by atoms with E-state index in [1.165, 1.54) is 0 Å². The maximum absolute atomic E-state index is 10.8. The number of hydrogen-bond acceptors (Lipinski definition) is 4. The summed E-state index contributed by atoms with van der Waals surface area (Å²) in [5.74, 6) is -1.10. The van der Waals surface area contributed by atoms with Crippen LogP contribution in [0.5, 0.6) is 0 Å². The van der Waals surface area contributed by atoms with Crippen LogP contribution in [0.2, 0.25) is 0 Å². The monoisotopic (exact) mass is 208 g/mol. The van der Waals surface area contributed by atoms with Gasteiger partial charge in [-0.2, -0.15) is 8.42 Å². The molecule has 0 atom stereocenters. The van der Waals surface area contributed by atoms with Gasteiger partial charge in [-0.05, 0) is 12.8 Å². The zero-order chi connectivity index (χ0) is 10.5. The van der Waals surface area contributed by atoms with Gasteiger partial charge in [0.1, 0.15) is 0 Å². The molecule has 76 valence electrons. The van der Waals surface area contributed by atoms with Gasteiger partial charge in [-0.15, -0.1) is 0 Å². The molecule has 0 rings (SSSR count). The van der Waals surface area contributed by atoms with Gasteiger partial charge in [0, 0.05) is 5.57 Å². The average molecular weight is 208 g/mol. The largest absolute Gasteiger partial charge is 0.449 e. The Morgan fingerprint density at radius 2 is 2.08 bits per heavy atom. The van der Waals surface area contributed by atoms with Crippen LogP contribution < -0.4 is 0 Å². The SMILES string of the molecule is C=C(CCCC)C(=O)OS(=O)(=O)O. The van der Waals surface area contributed by atoms with Crippen molar-refractivity contribution >= 4 is 16.4 Å². The van der Waals surface area contributed by atoms with Gasteiger partial charge in [-0.1, -0.05) is 19.9 Å². The lowest BCUT2D eigenvalue weighted by molar-refractivity contribution is -0.130. The molecule has 0 heterocycles. The van der Waals surface area contributed by atoms with Gasteiger partial charge in [0.25, 0.3) is 0 Å². The second-order valence-electron chi connectivity index (χ2n) is 2.51. The van der Waals surface area contributed by atoms with Crippen LogP contribution in [0.3, 0.4) is 0 Å². The lowest BCUT2D eigenvalue weighted by Crippen LogP contribution is -2.13. The first-order valence-electron chi connectivity index (χ1n) is 3.76. The smallest absolute Gasteiger partial charge is 0.321 e. The molecule has 0 amide bonds. The molecule has 0 aliphatic heterocycles. The molecule has 0 bridgehead atoms. The standard InChI is InChI=1S/C7H12O5S/c1-3-4-5-6(2)7(8)12-13(9,10)11/h2-5H2,1H3,(H,9,10,11). The van der Waals surface area contributed by atoms with Crippen LogP contribution in [0.15, 0.2) is 12.2 Å². The van der Waals surface area contributed by atoms with Crippen LogP contribution in [-0.4, -0.2) is 18.9 Å². The highest BCUT2D eigenvalue weighted by Gasteiger charge is 2.15.